The number of nitrogens with zero attached hydrogens (tertiary/aromatic N) is 3. The Balaban J connectivity index is 2.04. The molecule has 1 N–H and O–H groups in total. The summed E-state index contributed by atoms with van der Waals surface area (Å²) in [6, 6.07) is 3.05. The van der Waals surface area contributed by atoms with Crippen LogP contribution in [0, 0.1) is 12.8 Å². The maximum Gasteiger partial charge on any atom is 0.267 e. The molecule has 0 radical (unpaired) electrons. The van der Waals surface area contributed by atoms with E-state index in [2.05, 4.69) is 5.10 Å². The Morgan fingerprint density at radius 2 is 2.30 bits per heavy atom. The maximum atomic E-state index is 12.2. The quantitative estimate of drug-likeness (QED) is 0.856. The summed E-state index contributed by atoms with van der Waals surface area (Å²) in [6.45, 7) is 4.74. The predicted octanol–water partition coefficient (Wildman–Crippen LogP) is 0.171. The molecule has 0 bridgehead atoms. The lowest BCUT2D eigenvalue weighted by Crippen LogP contribution is -2.45. The van der Waals surface area contributed by atoms with Crippen molar-refractivity contribution in [2.24, 2.45) is 5.92 Å². The van der Waals surface area contributed by atoms with Gasteiger partial charge in [-0.2, -0.15) is 5.10 Å². The molecule has 0 aliphatic carbocycles. The van der Waals surface area contributed by atoms with Gasteiger partial charge in [0.1, 0.15) is 6.54 Å². The first-order valence-electron chi connectivity index (χ1n) is 6.98. The van der Waals surface area contributed by atoms with Gasteiger partial charge >= 0.3 is 0 Å². The Bertz CT molecular complexity index is 539. The fourth-order valence-electron chi connectivity index (χ4n) is 2.52. The highest BCUT2D eigenvalue weighted by atomic mass is 16.3. The Kier molecular flexibility index (Phi) is 4.54. The van der Waals surface area contributed by atoms with E-state index in [4.69, 9.17) is 0 Å². The van der Waals surface area contributed by atoms with E-state index >= 15 is 0 Å². The van der Waals surface area contributed by atoms with Crippen LogP contribution < -0.4 is 5.56 Å². The first kappa shape index (κ1) is 14.7. The second-order valence-electron chi connectivity index (χ2n) is 5.45. The molecular weight excluding hydrogens is 258 g/mol. The average molecular weight is 279 g/mol. The Morgan fingerprint density at radius 3 is 3.00 bits per heavy atom. The largest absolute Gasteiger partial charge is 0.393 e. The van der Waals surface area contributed by atoms with Crippen molar-refractivity contribution in [1.29, 1.82) is 0 Å². The number of likely N-dealkylation sites (tertiary alicyclic amines) is 1. The molecule has 2 unspecified atom stereocenters. The molecule has 0 aromatic carbocycles. The molecule has 1 saturated heterocycles. The van der Waals surface area contributed by atoms with Crippen molar-refractivity contribution in [3.8, 4) is 0 Å². The van der Waals surface area contributed by atoms with Crippen LogP contribution in [-0.4, -0.2) is 44.9 Å². The van der Waals surface area contributed by atoms with Crippen LogP contribution in [0.5, 0.6) is 0 Å². The number of aryl methyl sites for hydroxylation is 1. The summed E-state index contributed by atoms with van der Waals surface area (Å²) in [7, 11) is 0. The molecule has 110 valence electrons. The van der Waals surface area contributed by atoms with E-state index in [1.165, 1.54) is 10.7 Å². The van der Waals surface area contributed by atoms with Crippen molar-refractivity contribution in [3.05, 3.63) is 28.2 Å². The lowest BCUT2D eigenvalue weighted by atomic mass is 9.93. The fraction of sp³-hybridized carbons (Fsp3) is 0.643. The van der Waals surface area contributed by atoms with E-state index < -0.39 is 6.10 Å². The van der Waals surface area contributed by atoms with Crippen molar-refractivity contribution in [2.75, 3.05) is 13.1 Å². The van der Waals surface area contributed by atoms with E-state index in [9.17, 15) is 14.7 Å². The van der Waals surface area contributed by atoms with Crippen LogP contribution in [-0.2, 0) is 11.3 Å². The van der Waals surface area contributed by atoms with Gasteiger partial charge in [-0.25, -0.2) is 4.68 Å². The fourth-order valence-corrected chi connectivity index (χ4v) is 2.52. The zero-order valence-corrected chi connectivity index (χ0v) is 12.0. The third-order valence-electron chi connectivity index (χ3n) is 3.78. The molecule has 1 fully saturated rings. The highest BCUT2D eigenvalue weighted by molar-refractivity contribution is 5.76. The Morgan fingerprint density at radius 1 is 1.55 bits per heavy atom. The van der Waals surface area contributed by atoms with Gasteiger partial charge in [0.2, 0.25) is 5.91 Å². The molecule has 2 rings (SSSR count). The molecule has 1 amide bonds. The third kappa shape index (κ3) is 3.45. The minimum atomic E-state index is -0.412. The summed E-state index contributed by atoms with van der Waals surface area (Å²) in [5.74, 6) is 0.00504. The first-order chi connectivity index (χ1) is 9.47. The average Bonchev–Trinajstić information content (AvgIpc) is 2.43. The minimum absolute atomic E-state index is 0.0347. The Hall–Kier alpha value is -1.69. The van der Waals surface area contributed by atoms with Gasteiger partial charge < -0.3 is 10.0 Å². The van der Waals surface area contributed by atoms with E-state index in [-0.39, 0.29) is 23.9 Å². The maximum absolute atomic E-state index is 12.2. The van der Waals surface area contributed by atoms with Crippen LogP contribution in [0.25, 0.3) is 0 Å². The monoisotopic (exact) mass is 279 g/mol. The molecule has 1 aliphatic rings. The number of aliphatic hydroxyl groups is 1. The highest BCUT2D eigenvalue weighted by Gasteiger charge is 2.26. The second-order valence-corrected chi connectivity index (χ2v) is 5.45. The smallest absolute Gasteiger partial charge is 0.267 e. The number of rotatable bonds is 3. The van der Waals surface area contributed by atoms with E-state index in [0.717, 1.165) is 12.8 Å². The van der Waals surface area contributed by atoms with Crippen LogP contribution in [0.2, 0.25) is 0 Å². The number of hydrogen-bond acceptors (Lipinski definition) is 4. The molecular formula is C14H21N3O3. The minimum Gasteiger partial charge on any atom is -0.393 e. The van der Waals surface area contributed by atoms with Crippen LogP contribution >= 0.6 is 0 Å². The van der Waals surface area contributed by atoms with Gasteiger partial charge in [-0.05, 0) is 32.8 Å². The molecule has 0 spiro atoms. The first-order valence-corrected chi connectivity index (χ1v) is 6.98. The van der Waals surface area contributed by atoms with Crippen LogP contribution in [0.1, 0.15) is 25.5 Å². The molecule has 6 heteroatoms. The zero-order chi connectivity index (χ0) is 14.7. The number of carbonyl (C=O) groups is 1. The Labute approximate surface area is 118 Å². The molecule has 20 heavy (non-hydrogen) atoms. The SMILES string of the molecule is Cc1ccc(=O)n(CC(=O)N2CCCC(C(C)O)C2)n1. The molecule has 0 saturated carbocycles. The van der Waals surface area contributed by atoms with Gasteiger partial charge in [0.15, 0.2) is 0 Å². The third-order valence-corrected chi connectivity index (χ3v) is 3.78. The van der Waals surface area contributed by atoms with Crippen molar-refractivity contribution in [1.82, 2.24) is 14.7 Å². The molecule has 2 atom stereocenters. The lowest BCUT2D eigenvalue weighted by molar-refractivity contribution is -0.134. The molecule has 1 aromatic rings. The van der Waals surface area contributed by atoms with Gasteiger partial charge in [-0.3, -0.25) is 9.59 Å². The summed E-state index contributed by atoms with van der Waals surface area (Å²) < 4.78 is 1.20. The molecule has 1 aromatic heterocycles. The number of amides is 1. The van der Waals surface area contributed by atoms with Crippen molar-refractivity contribution >= 4 is 5.91 Å². The van der Waals surface area contributed by atoms with Crippen molar-refractivity contribution in [3.63, 3.8) is 0 Å². The van der Waals surface area contributed by atoms with Gasteiger partial charge in [0.25, 0.3) is 5.56 Å². The van der Waals surface area contributed by atoms with E-state index in [1.807, 2.05) is 0 Å². The van der Waals surface area contributed by atoms with Crippen LogP contribution in [0.15, 0.2) is 16.9 Å². The number of piperidine rings is 1. The molecule has 2 heterocycles. The number of hydrogen-bond donors (Lipinski definition) is 1. The van der Waals surface area contributed by atoms with Crippen LogP contribution in [0.4, 0.5) is 0 Å². The highest BCUT2D eigenvalue weighted by Crippen LogP contribution is 2.19. The van der Waals surface area contributed by atoms with Gasteiger partial charge in [-0.15, -0.1) is 0 Å². The van der Waals surface area contributed by atoms with Gasteiger partial charge in [0.05, 0.1) is 11.8 Å². The summed E-state index contributed by atoms with van der Waals surface area (Å²) in [4.78, 5) is 25.6. The van der Waals surface area contributed by atoms with Gasteiger partial charge in [-0.1, -0.05) is 0 Å². The van der Waals surface area contributed by atoms with Gasteiger partial charge in [0, 0.05) is 25.1 Å². The zero-order valence-electron chi connectivity index (χ0n) is 12.0. The van der Waals surface area contributed by atoms with Crippen molar-refractivity contribution in [2.45, 2.75) is 39.3 Å². The lowest BCUT2D eigenvalue weighted by Gasteiger charge is -2.34. The predicted molar refractivity (Wildman–Crippen MR) is 74.2 cm³/mol. The standard InChI is InChI=1S/C14H21N3O3/c1-10-5-6-13(19)17(15-10)9-14(20)16-7-3-4-12(8-16)11(2)18/h5-6,11-12,18H,3-4,7-9H2,1-2H3. The second kappa shape index (κ2) is 6.17. The summed E-state index contributed by atoms with van der Waals surface area (Å²) >= 11 is 0. The van der Waals surface area contributed by atoms with Crippen LogP contribution in [0.3, 0.4) is 0 Å². The topological polar surface area (TPSA) is 75.4 Å². The molecule has 1 aliphatic heterocycles. The molecule has 6 nitrogen and oxygen atoms in total. The number of aliphatic hydroxyl groups excluding tert-OH is 1. The summed E-state index contributed by atoms with van der Waals surface area (Å²) in [5, 5.41) is 13.7. The van der Waals surface area contributed by atoms with E-state index in [0.29, 0.717) is 18.8 Å². The number of carbonyl (C=O) groups excluding carboxylic acids is 1. The van der Waals surface area contributed by atoms with E-state index in [1.54, 1.807) is 24.8 Å². The summed E-state index contributed by atoms with van der Waals surface area (Å²) in [6.07, 6.45) is 1.41. The number of aromatic nitrogens is 2. The van der Waals surface area contributed by atoms with Crippen molar-refractivity contribution < 1.29 is 9.90 Å². The summed E-state index contributed by atoms with van der Waals surface area (Å²) in [5.41, 5.74) is 0.436. The normalized spacial score (nSPS) is 20.8.